The van der Waals surface area contributed by atoms with Gasteiger partial charge in [0.15, 0.2) is 0 Å². The van der Waals surface area contributed by atoms with Crippen molar-refractivity contribution >= 4 is 0 Å². The van der Waals surface area contributed by atoms with Crippen molar-refractivity contribution in [2.24, 2.45) is 23.7 Å². The van der Waals surface area contributed by atoms with Crippen LogP contribution >= 0.6 is 0 Å². The lowest BCUT2D eigenvalue weighted by Gasteiger charge is -2.38. The molecule has 4 unspecified atom stereocenters. The van der Waals surface area contributed by atoms with Gasteiger partial charge in [-0.2, -0.15) is 0 Å². The third-order valence-electron chi connectivity index (χ3n) is 8.14. The lowest BCUT2D eigenvalue weighted by molar-refractivity contribution is -0.913. The van der Waals surface area contributed by atoms with Crippen molar-refractivity contribution < 1.29 is 8.97 Å². The van der Waals surface area contributed by atoms with E-state index in [4.69, 9.17) is 0 Å². The van der Waals surface area contributed by atoms with E-state index in [9.17, 15) is 0 Å². The molecule has 4 atom stereocenters. The van der Waals surface area contributed by atoms with Gasteiger partial charge in [0.05, 0.1) is 53.4 Å². The number of allylic oxidation sites excluding steroid dienone is 2. The van der Waals surface area contributed by atoms with Gasteiger partial charge in [0.25, 0.3) is 0 Å². The Labute approximate surface area is 163 Å². The van der Waals surface area contributed by atoms with Crippen molar-refractivity contribution in [2.45, 2.75) is 65.2 Å². The lowest BCUT2D eigenvalue weighted by Crippen LogP contribution is -2.47. The summed E-state index contributed by atoms with van der Waals surface area (Å²) >= 11 is 0. The van der Waals surface area contributed by atoms with Crippen LogP contribution in [0.2, 0.25) is 0 Å². The normalized spacial score (nSPS) is 35.8. The standard InChI is InChI=1S/C24H46N2/c1-5-7-15-25(3,16-8-6-2)17-9-10-18-26(4)19-23-21-11-12-22(14-13-21)24(23)20-26/h11-12,21-24H,5-10,13-20H2,1-4H3/q+2. The van der Waals surface area contributed by atoms with Crippen molar-refractivity contribution in [1.82, 2.24) is 0 Å². The van der Waals surface area contributed by atoms with Crippen molar-refractivity contribution in [3.8, 4) is 0 Å². The van der Waals surface area contributed by atoms with Gasteiger partial charge in [0.1, 0.15) is 0 Å². The summed E-state index contributed by atoms with van der Waals surface area (Å²) in [4.78, 5) is 0. The minimum Gasteiger partial charge on any atom is -0.326 e. The molecule has 1 heterocycles. The van der Waals surface area contributed by atoms with Crippen molar-refractivity contribution in [1.29, 1.82) is 0 Å². The number of hydrogen-bond acceptors (Lipinski definition) is 0. The molecule has 0 amide bonds. The van der Waals surface area contributed by atoms with Crippen LogP contribution < -0.4 is 0 Å². The van der Waals surface area contributed by atoms with Crippen LogP contribution in [-0.2, 0) is 0 Å². The molecule has 4 aliphatic rings. The van der Waals surface area contributed by atoms with Gasteiger partial charge < -0.3 is 8.97 Å². The van der Waals surface area contributed by atoms with Gasteiger partial charge in [0.2, 0.25) is 0 Å². The summed E-state index contributed by atoms with van der Waals surface area (Å²) in [5.74, 6) is 3.87. The fourth-order valence-corrected chi connectivity index (χ4v) is 6.43. The Bertz CT molecular complexity index is 439. The molecule has 0 aromatic heterocycles. The highest BCUT2D eigenvalue weighted by Crippen LogP contribution is 2.49. The average Bonchev–Trinajstić information content (AvgIpc) is 3.03. The Morgan fingerprint density at radius 2 is 1.31 bits per heavy atom. The molecule has 0 aromatic rings. The first-order chi connectivity index (χ1) is 12.5. The molecule has 2 fully saturated rings. The van der Waals surface area contributed by atoms with E-state index in [1.165, 1.54) is 99.6 Å². The zero-order valence-electron chi connectivity index (χ0n) is 18.3. The van der Waals surface area contributed by atoms with Crippen LogP contribution in [0, 0.1) is 23.7 Å². The second kappa shape index (κ2) is 8.78. The predicted octanol–water partition coefficient (Wildman–Crippen LogP) is 5.10. The first kappa shape index (κ1) is 20.4. The van der Waals surface area contributed by atoms with Crippen LogP contribution in [0.1, 0.15) is 65.2 Å². The van der Waals surface area contributed by atoms with Crippen molar-refractivity contribution in [3.05, 3.63) is 12.2 Å². The van der Waals surface area contributed by atoms with Gasteiger partial charge in [-0.1, -0.05) is 38.8 Å². The molecule has 26 heavy (non-hydrogen) atoms. The highest BCUT2D eigenvalue weighted by molar-refractivity contribution is 5.10. The summed E-state index contributed by atoms with van der Waals surface area (Å²) in [6, 6.07) is 0. The van der Waals surface area contributed by atoms with E-state index in [-0.39, 0.29) is 0 Å². The largest absolute Gasteiger partial charge is 0.326 e. The monoisotopic (exact) mass is 362 g/mol. The fourth-order valence-electron chi connectivity index (χ4n) is 6.43. The molecule has 0 N–H and O–H groups in total. The third kappa shape index (κ3) is 4.73. The van der Waals surface area contributed by atoms with Crippen LogP contribution in [0.15, 0.2) is 12.2 Å². The minimum absolute atomic E-state index is 0.924. The molecule has 0 spiro atoms. The van der Waals surface area contributed by atoms with E-state index in [1.54, 1.807) is 0 Å². The van der Waals surface area contributed by atoms with Gasteiger partial charge in [0, 0.05) is 24.7 Å². The summed E-state index contributed by atoms with van der Waals surface area (Å²) < 4.78 is 2.70. The van der Waals surface area contributed by atoms with Crippen LogP contribution in [0.3, 0.4) is 0 Å². The Morgan fingerprint density at radius 1 is 0.808 bits per heavy atom. The van der Waals surface area contributed by atoms with Crippen LogP contribution in [0.4, 0.5) is 0 Å². The summed E-state index contributed by atoms with van der Waals surface area (Å²) in [5, 5.41) is 0. The van der Waals surface area contributed by atoms with Crippen molar-refractivity contribution in [2.75, 3.05) is 53.4 Å². The number of hydrogen-bond donors (Lipinski definition) is 0. The van der Waals surface area contributed by atoms with E-state index in [2.05, 4.69) is 40.1 Å². The van der Waals surface area contributed by atoms with Gasteiger partial charge in [-0.3, -0.25) is 0 Å². The second-order valence-electron chi connectivity index (χ2n) is 10.5. The maximum Gasteiger partial charge on any atom is 0.0824 e. The fraction of sp³-hybridized carbons (Fsp3) is 0.917. The maximum absolute atomic E-state index is 2.58. The molecular formula is C24H46N2+2. The number of fused-ring (bicyclic) bond motifs is 1. The lowest BCUT2D eigenvalue weighted by atomic mass is 9.64. The SMILES string of the molecule is CCCC[N+](C)(CCCC)CCCC[N+]1(C)CC2C3C=CC(CC3)C2C1. The van der Waals surface area contributed by atoms with Crippen LogP contribution in [0.5, 0.6) is 0 Å². The van der Waals surface area contributed by atoms with Crippen LogP contribution in [-0.4, -0.2) is 62.3 Å². The first-order valence-electron chi connectivity index (χ1n) is 11.8. The highest BCUT2D eigenvalue weighted by atomic mass is 15.4. The van der Waals surface area contributed by atoms with E-state index >= 15 is 0 Å². The molecule has 3 aliphatic carbocycles. The maximum atomic E-state index is 2.58. The second-order valence-corrected chi connectivity index (χ2v) is 10.5. The first-order valence-corrected chi connectivity index (χ1v) is 11.8. The molecule has 1 saturated heterocycles. The molecule has 2 nitrogen and oxygen atoms in total. The summed E-state index contributed by atoms with van der Waals surface area (Å²) in [6.45, 7) is 13.2. The molecular weight excluding hydrogens is 316 g/mol. The third-order valence-corrected chi connectivity index (χ3v) is 8.14. The van der Waals surface area contributed by atoms with Crippen LogP contribution in [0.25, 0.3) is 0 Å². The Balaban J connectivity index is 1.44. The van der Waals surface area contributed by atoms with E-state index in [1.807, 2.05) is 0 Å². The summed E-state index contributed by atoms with van der Waals surface area (Å²) in [6.07, 6.45) is 16.5. The van der Waals surface area contributed by atoms with Gasteiger partial charge in [-0.25, -0.2) is 0 Å². The van der Waals surface area contributed by atoms with E-state index < -0.39 is 0 Å². The smallest absolute Gasteiger partial charge is 0.0824 e. The predicted molar refractivity (Wildman–Crippen MR) is 113 cm³/mol. The number of nitrogens with zero attached hydrogens (tertiary/aromatic N) is 2. The summed E-state index contributed by atoms with van der Waals surface area (Å²) in [5.41, 5.74) is 0. The molecule has 0 aromatic carbocycles. The Morgan fingerprint density at radius 3 is 1.77 bits per heavy atom. The topological polar surface area (TPSA) is 0 Å². The number of unbranched alkanes of at least 4 members (excludes halogenated alkanes) is 3. The van der Waals surface area contributed by atoms with E-state index in [0.29, 0.717) is 0 Å². The zero-order chi connectivity index (χ0) is 18.6. The molecule has 2 bridgehead atoms. The molecule has 150 valence electrons. The molecule has 1 saturated carbocycles. The van der Waals surface area contributed by atoms with Crippen molar-refractivity contribution in [3.63, 3.8) is 0 Å². The summed E-state index contributed by atoms with van der Waals surface area (Å²) in [7, 11) is 5.09. The Hall–Kier alpha value is -0.340. The molecule has 0 radical (unpaired) electrons. The van der Waals surface area contributed by atoms with Gasteiger partial charge in [-0.15, -0.1) is 0 Å². The quantitative estimate of drug-likeness (QED) is 0.272. The van der Waals surface area contributed by atoms with Gasteiger partial charge in [-0.05, 0) is 37.5 Å². The highest BCUT2D eigenvalue weighted by Gasteiger charge is 2.51. The number of quaternary nitrogens is 2. The number of rotatable bonds is 11. The molecule has 2 heteroatoms. The molecule has 4 rings (SSSR count). The average molecular weight is 363 g/mol. The van der Waals surface area contributed by atoms with E-state index in [0.717, 1.165) is 23.7 Å². The zero-order valence-corrected chi connectivity index (χ0v) is 18.3. The van der Waals surface area contributed by atoms with Gasteiger partial charge >= 0.3 is 0 Å². The Kier molecular flexibility index (Phi) is 6.88. The number of likely N-dealkylation sites (tertiary alicyclic amines) is 1. The molecule has 1 aliphatic heterocycles. The minimum atomic E-state index is 0.924.